The van der Waals surface area contributed by atoms with E-state index in [0.29, 0.717) is 0 Å². The maximum absolute atomic E-state index is 5.43. The van der Waals surface area contributed by atoms with E-state index in [1.807, 2.05) is 0 Å². The van der Waals surface area contributed by atoms with Crippen LogP contribution in [0.5, 0.6) is 0 Å². The Labute approximate surface area is 103 Å². The first-order valence-corrected chi connectivity index (χ1v) is 6.77. The SMILES string of the molecule is CC1=CCCc2c1ccn2CC1CCOCC1. The minimum atomic E-state index is 0.812. The van der Waals surface area contributed by atoms with Gasteiger partial charge in [0.1, 0.15) is 0 Å². The van der Waals surface area contributed by atoms with Crippen molar-refractivity contribution in [3.63, 3.8) is 0 Å². The molecule has 92 valence electrons. The zero-order chi connectivity index (χ0) is 11.7. The summed E-state index contributed by atoms with van der Waals surface area (Å²) >= 11 is 0. The summed E-state index contributed by atoms with van der Waals surface area (Å²) in [6, 6.07) is 2.29. The highest BCUT2D eigenvalue weighted by Gasteiger charge is 2.18. The van der Waals surface area contributed by atoms with Crippen molar-refractivity contribution in [2.24, 2.45) is 5.92 Å². The normalized spacial score (nSPS) is 21.1. The number of rotatable bonds is 2. The van der Waals surface area contributed by atoms with Gasteiger partial charge in [0.15, 0.2) is 0 Å². The molecular formula is C15H21NO. The molecule has 1 aliphatic carbocycles. The number of ether oxygens (including phenoxy) is 1. The van der Waals surface area contributed by atoms with Crippen molar-refractivity contribution in [2.75, 3.05) is 13.2 Å². The fraction of sp³-hybridized carbons (Fsp3) is 0.600. The lowest BCUT2D eigenvalue weighted by Gasteiger charge is -2.24. The highest BCUT2D eigenvalue weighted by molar-refractivity contribution is 5.67. The monoisotopic (exact) mass is 231 g/mol. The predicted molar refractivity (Wildman–Crippen MR) is 69.9 cm³/mol. The number of fused-ring (bicyclic) bond motifs is 1. The highest BCUT2D eigenvalue weighted by atomic mass is 16.5. The molecule has 1 fully saturated rings. The molecule has 17 heavy (non-hydrogen) atoms. The average Bonchev–Trinajstić information content (AvgIpc) is 2.76. The zero-order valence-corrected chi connectivity index (χ0v) is 10.6. The summed E-state index contributed by atoms with van der Waals surface area (Å²) in [5.74, 6) is 0.812. The highest BCUT2D eigenvalue weighted by Crippen LogP contribution is 2.28. The molecule has 0 bridgehead atoms. The Kier molecular flexibility index (Phi) is 3.06. The third-order valence-corrected chi connectivity index (χ3v) is 4.13. The van der Waals surface area contributed by atoms with Crippen molar-refractivity contribution in [2.45, 2.75) is 39.2 Å². The van der Waals surface area contributed by atoms with E-state index in [0.717, 1.165) is 19.1 Å². The summed E-state index contributed by atoms with van der Waals surface area (Å²) < 4.78 is 7.92. The Morgan fingerprint density at radius 3 is 3.00 bits per heavy atom. The molecule has 1 saturated heterocycles. The van der Waals surface area contributed by atoms with Crippen molar-refractivity contribution in [3.8, 4) is 0 Å². The van der Waals surface area contributed by atoms with E-state index in [1.54, 1.807) is 5.69 Å². The second kappa shape index (κ2) is 4.69. The molecule has 0 aromatic carbocycles. The molecule has 0 N–H and O–H groups in total. The lowest BCUT2D eigenvalue weighted by atomic mass is 9.97. The van der Waals surface area contributed by atoms with Gasteiger partial charge in [-0.25, -0.2) is 0 Å². The molecular weight excluding hydrogens is 210 g/mol. The van der Waals surface area contributed by atoms with Crippen LogP contribution in [0.3, 0.4) is 0 Å². The van der Waals surface area contributed by atoms with E-state index in [-0.39, 0.29) is 0 Å². The van der Waals surface area contributed by atoms with Crippen molar-refractivity contribution in [1.82, 2.24) is 4.57 Å². The average molecular weight is 231 g/mol. The predicted octanol–water partition coefficient (Wildman–Crippen LogP) is 3.26. The molecule has 3 rings (SSSR count). The molecule has 1 aliphatic heterocycles. The smallest absolute Gasteiger partial charge is 0.0469 e. The maximum atomic E-state index is 5.43. The number of allylic oxidation sites excluding steroid dienone is 2. The van der Waals surface area contributed by atoms with Gasteiger partial charge in [0.2, 0.25) is 0 Å². The summed E-state index contributed by atoms with van der Waals surface area (Å²) in [6.45, 7) is 5.32. The van der Waals surface area contributed by atoms with Crippen LogP contribution in [0.4, 0.5) is 0 Å². The van der Waals surface area contributed by atoms with Crippen LogP contribution in [0.15, 0.2) is 18.3 Å². The second-order valence-electron chi connectivity index (χ2n) is 5.31. The summed E-state index contributed by atoms with van der Waals surface area (Å²) in [7, 11) is 0. The van der Waals surface area contributed by atoms with Crippen LogP contribution in [0.2, 0.25) is 0 Å². The summed E-state index contributed by atoms with van der Waals surface area (Å²) in [5, 5.41) is 0. The topological polar surface area (TPSA) is 14.2 Å². The van der Waals surface area contributed by atoms with Crippen LogP contribution in [0.25, 0.3) is 5.57 Å². The van der Waals surface area contributed by atoms with E-state index in [2.05, 4.69) is 29.8 Å². The molecule has 0 amide bonds. The Bertz CT molecular complexity index is 424. The lowest BCUT2D eigenvalue weighted by molar-refractivity contribution is 0.0610. The third-order valence-electron chi connectivity index (χ3n) is 4.13. The van der Waals surface area contributed by atoms with E-state index in [4.69, 9.17) is 4.74 Å². The fourth-order valence-corrected chi connectivity index (χ4v) is 3.06. The van der Waals surface area contributed by atoms with Crippen LogP contribution in [0.1, 0.15) is 37.4 Å². The van der Waals surface area contributed by atoms with Crippen molar-refractivity contribution in [1.29, 1.82) is 0 Å². The number of nitrogens with zero attached hydrogens (tertiary/aromatic N) is 1. The summed E-state index contributed by atoms with van der Waals surface area (Å²) in [6.07, 6.45) is 9.51. The van der Waals surface area contributed by atoms with Gasteiger partial charge in [-0.15, -0.1) is 0 Å². The standard InChI is InChI=1S/C15H21NO/c1-12-3-2-4-15-14(12)5-8-16(15)11-13-6-9-17-10-7-13/h3,5,8,13H,2,4,6-7,9-11H2,1H3. The van der Waals surface area contributed by atoms with Gasteiger partial charge >= 0.3 is 0 Å². The van der Waals surface area contributed by atoms with Gasteiger partial charge in [-0.1, -0.05) is 6.08 Å². The molecule has 0 spiro atoms. The molecule has 2 nitrogen and oxygen atoms in total. The quantitative estimate of drug-likeness (QED) is 0.762. The first-order chi connectivity index (χ1) is 8.34. The van der Waals surface area contributed by atoms with Gasteiger partial charge in [-0.05, 0) is 55.7 Å². The van der Waals surface area contributed by atoms with E-state index >= 15 is 0 Å². The largest absolute Gasteiger partial charge is 0.381 e. The number of aromatic nitrogens is 1. The number of hydrogen-bond donors (Lipinski definition) is 0. The van der Waals surface area contributed by atoms with Gasteiger partial charge in [-0.3, -0.25) is 0 Å². The molecule has 0 radical (unpaired) electrons. The minimum Gasteiger partial charge on any atom is -0.381 e. The van der Waals surface area contributed by atoms with Crippen LogP contribution in [-0.2, 0) is 17.7 Å². The molecule has 0 unspecified atom stereocenters. The second-order valence-corrected chi connectivity index (χ2v) is 5.31. The van der Waals surface area contributed by atoms with Crippen LogP contribution in [-0.4, -0.2) is 17.8 Å². The van der Waals surface area contributed by atoms with E-state index in [1.165, 1.54) is 43.4 Å². The van der Waals surface area contributed by atoms with Crippen molar-refractivity contribution >= 4 is 5.57 Å². The summed E-state index contributed by atoms with van der Waals surface area (Å²) in [4.78, 5) is 0. The van der Waals surface area contributed by atoms with E-state index in [9.17, 15) is 0 Å². The minimum absolute atomic E-state index is 0.812. The first kappa shape index (κ1) is 11.1. The van der Waals surface area contributed by atoms with Gasteiger partial charge < -0.3 is 9.30 Å². The zero-order valence-electron chi connectivity index (χ0n) is 10.6. The molecule has 1 aromatic heterocycles. The molecule has 2 heterocycles. The molecule has 0 saturated carbocycles. The Morgan fingerprint density at radius 2 is 2.18 bits per heavy atom. The Balaban J connectivity index is 1.77. The molecule has 2 aliphatic rings. The lowest BCUT2D eigenvalue weighted by Crippen LogP contribution is -2.21. The van der Waals surface area contributed by atoms with Crippen LogP contribution >= 0.6 is 0 Å². The first-order valence-electron chi connectivity index (χ1n) is 6.77. The van der Waals surface area contributed by atoms with Crippen LogP contribution < -0.4 is 0 Å². The van der Waals surface area contributed by atoms with Crippen molar-refractivity contribution < 1.29 is 4.74 Å². The fourth-order valence-electron chi connectivity index (χ4n) is 3.06. The van der Waals surface area contributed by atoms with Crippen LogP contribution in [0, 0.1) is 5.92 Å². The van der Waals surface area contributed by atoms with Gasteiger partial charge in [0.05, 0.1) is 0 Å². The molecule has 1 aromatic rings. The van der Waals surface area contributed by atoms with Gasteiger partial charge in [0, 0.05) is 31.6 Å². The Hall–Kier alpha value is -1.02. The van der Waals surface area contributed by atoms with E-state index < -0.39 is 0 Å². The Morgan fingerprint density at radius 1 is 1.35 bits per heavy atom. The third kappa shape index (κ3) is 2.19. The molecule has 0 atom stereocenters. The number of hydrogen-bond acceptors (Lipinski definition) is 1. The van der Waals surface area contributed by atoms with Gasteiger partial charge in [-0.2, -0.15) is 0 Å². The van der Waals surface area contributed by atoms with Gasteiger partial charge in [0.25, 0.3) is 0 Å². The van der Waals surface area contributed by atoms with Crippen molar-refractivity contribution in [3.05, 3.63) is 29.6 Å². The maximum Gasteiger partial charge on any atom is 0.0469 e. The summed E-state index contributed by atoms with van der Waals surface area (Å²) in [5.41, 5.74) is 4.48. The molecule has 2 heteroatoms.